The zero-order chi connectivity index (χ0) is 21.9. The van der Waals surface area contributed by atoms with Crippen molar-refractivity contribution in [3.63, 3.8) is 0 Å². The molecule has 0 radical (unpaired) electrons. The minimum Gasteiger partial charge on any atom is -0.376 e. The second-order valence-corrected chi connectivity index (χ2v) is 7.20. The maximum Gasteiger partial charge on any atom is 0.437 e. The van der Waals surface area contributed by atoms with Gasteiger partial charge in [-0.1, -0.05) is 17.3 Å². The normalized spacial score (nSPS) is 19.3. The van der Waals surface area contributed by atoms with Crippen LogP contribution < -0.4 is 5.56 Å². The summed E-state index contributed by atoms with van der Waals surface area (Å²) in [6.45, 7) is 2.31. The first-order chi connectivity index (χ1) is 14.8. The summed E-state index contributed by atoms with van der Waals surface area (Å²) >= 11 is 0. The number of ether oxygens (including phenoxy) is 1. The number of alkyl halides is 3. The Kier molecular flexibility index (Phi) is 4.13. The summed E-state index contributed by atoms with van der Waals surface area (Å²) in [5, 5.41) is 15.7. The Bertz CT molecular complexity index is 1430. The maximum absolute atomic E-state index is 13.6. The number of hydrogen-bond acceptors (Lipinski definition) is 6. The van der Waals surface area contributed by atoms with Crippen molar-refractivity contribution in [2.24, 2.45) is 0 Å². The van der Waals surface area contributed by atoms with Crippen LogP contribution in [0, 0.1) is 11.5 Å². The van der Waals surface area contributed by atoms with Crippen molar-refractivity contribution >= 4 is 16.6 Å². The molecule has 2 atom stereocenters. The van der Waals surface area contributed by atoms with Crippen molar-refractivity contribution in [2.45, 2.75) is 31.7 Å². The molecule has 9 nitrogen and oxygen atoms in total. The molecule has 1 fully saturated rings. The van der Waals surface area contributed by atoms with Crippen LogP contribution >= 0.6 is 0 Å². The minimum atomic E-state index is -4.88. The lowest BCUT2D eigenvalue weighted by Gasteiger charge is -2.21. The number of rotatable bonds is 2. The number of nitriles is 1. The van der Waals surface area contributed by atoms with E-state index in [-0.39, 0.29) is 23.4 Å². The lowest BCUT2D eigenvalue weighted by atomic mass is 10.1. The molecule has 0 N–H and O–H groups in total. The summed E-state index contributed by atoms with van der Waals surface area (Å²) in [4.78, 5) is 17.7. The molecule has 4 aromatic rings. The molecule has 0 spiro atoms. The summed E-state index contributed by atoms with van der Waals surface area (Å²) in [7, 11) is 0. The van der Waals surface area contributed by atoms with E-state index in [1.165, 1.54) is 16.9 Å². The Morgan fingerprint density at radius 1 is 1.26 bits per heavy atom. The highest BCUT2D eigenvalue weighted by Gasteiger charge is 2.41. The van der Waals surface area contributed by atoms with Crippen LogP contribution in [0.25, 0.3) is 27.9 Å². The highest BCUT2D eigenvalue weighted by molar-refractivity contribution is 5.85. The average Bonchev–Trinajstić information content (AvgIpc) is 3.45. The first-order valence-electron chi connectivity index (χ1n) is 9.38. The zero-order valence-corrected chi connectivity index (χ0v) is 16.0. The number of para-hydroxylation sites is 2. The third-order valence-corrected chi connectivity index (χ3v) is 5.52. The Balaban J connectivity index is 1.92. The van der Waals surface area contributed by atoms with E-state index in [1.54, 1.807) is 28.8 Å². The van der Waals surface area contributed by atoms with Gasteiger partial charge in [0.25, 0.3) is 5.56 Å². The Morgan fingerprint density at radius 2 is 2.00 bits per heavy atom. The second-order valence-electron chi connectivity index (χ2n) is 7.20. The molecule has 4 heterocycles. The van der Waals surface area contributed by atoms with E-state index in [0.29, 0.717) is 28.7 Å². The van der Waals surface area contributed by atoms with Gasteiger partial charge in [0.1, 0.15) is 23.2 Å². The van der Waals surface area contributed by atoms with Crippen LogP contribution in [0.15, 0.2) is 35.4 Å². The summed E-state index contributed by atoms with van der Waals surface area (Å²) in [6, 6.07) is 6.75. The van der Waals surface area contributed by atoms with Crippen LogP contribution in [-0.4, -0.2) is 41.7 Å². The lowest BCUT2D eigenvalue weighted by molar-refractivity contribution is -0.140. The Labute approximate surface area is 171 Å². The van der Waals surface area contributed by atoms with E-state index in [2.05, 4.69) is 15.3 Å². The quantitative estimate of drug-likeness (QED) is 0.485. The van der Waals surface area contributed by atoms with E-state index in [0.717, 1.165) is 0 Å². The SMILES string of the molecule is CC1OCCC1n1c(=O)c2c(-c3c(C(F)(F)F)nnn3C#N)ncn2c2ccccc21. The van der Waals surface area contributed by atoms with Gasteiger partial charge in [-0.3, -0.25) is 13.8 Å². The number of imidazole rings is 1. The van der Waals surface area contributed by atoms with E-state index in [4.69, 9.17) is 4.74 Å². The average molecular weight is 429 g/mol. The molecule has 0 amide bonds. The molecule has 1 saturated heterocycles. The molecule has 31 heavy (non-hydrogen) atoms. The summed E-state index contributed by atoms with van der Waals surface area (Å²) in [6.07, 6.45) is -1.76. The molecule has 0 bridgehead atoms. The molecule has 0 aliphatic carbocycles. The predicted molar refractivity (Wildman–Crippen MR) is 101 cm³/mol. The maximum atomic E-state index is 13.6. The Hall–Kier alpha value is -3.72. The lowest BCUT2D eigenvalue weighted by Crippen LogP contribution is -2.30. The van der Waals surface area contributed by atoms with Crippen molar-refractivity contribution < 1.29 is 17.9 Å². The van der Waals surface area contributed by atoms with Gasteiger partial charge in [0.2, 0.25) is 6.19 Å². The second kappa shape index (κ2) is 6.64. The van der Waals surface area contributed by atoms with Crippen LogP contribution in [-0.2, 0) is 10.9 Å². The largest absolute Gasteiger partial charge is 0.437 e. The summed E-state index contributed by atoms with van der Waals surface area (Å²) < 4.78 is 49.7. The standard InChI is InChI=1S/C19H14F3N7O2/c1-10-11(6-7-31-10)29-13-5-3-2-4-12(13)27-9-24-14(16(27)18(29)30)15-17(19(20,21)22)25-26-28(15)8-23/h2-5,9-11H,6-7H2,1H3. The number of halogens is 3. The van der Waals surface area contributed by atoms with Crippen molar-refractivity contribution in [3.8, 4) is 17.6 Å². The molecule has 12 heteroatoms. The molecular weight excluding hydrogens is 415 g/mol. The fourth-order valence-electron chi connectivity index (χ4n) is 4.15. The molecular formula is C19H14F3N7O2. The van der Waals surface area contributed by atoms with Crippen LogP contribution in [0.5, 0.6) is 0 Å². The van der Waals surface area contributed by atoms with Gasteiger partial charge in [-0.15, -0.1) is 9.78 Å². The molecule has 3 aromatic heterocycles. The predicted octanol–water partition coefficient (Wildman–Crippen LogP) is 2.61. The number of aromatic nitrogens is 6. The number of hydrogen-bond donors (Lipinski definition) is 0. The van der Waals surface area contributed by atoms with E-state index in [9.17, 15) is 23.2 Å². The molecule has 0 saturated carbocycles. The smallest absolute Gasteiger partial charge is 0.376 e. The van der Waals surface area contributed by atoms with Crippen LogP contribution in [0.2, 0.25) is 0 Å². The zero-order valence-electron chi connectivity index (χ0n) is 16.0. The third kappa shape index (κ3) is 2.73. The van der Waals surface area contributed by atoms with Gasteiger partial charge in [0, 0.05) is 6.61 Å². The van der Waals surface area contributed by atoms with Crippen LogP contribution in [0.1, 0.15) is 25.1 Å². The highest BCUT2D eigenvalue weighted by atomic mass is 19.4. The van der Waals surface area contributed by atoms with Gasteiger partial charge in [-0.2, -0.15) is 18.4 Å². The molecule has 2 unspecified atom stereocenters. The topological polar surface area (TPSA) is 103 Å². The summed E-state index contributed by atoms with van der Waals surface area (Å²) in [5.74, 6) is 0. The van der Waals surface area contributed by atoms with Crippen LogP contribution in [0.3, 0.4) is 0 Å². The first kappa shape index (κ1) is 19.3. The van der Waals surface area contributed by atoms with Gasteiger partial charge in [-0.25, -0.2) is 4.98 Å². The number of nitrogens with zero attached hydrogens (tertiary/aromatic N) is 7. The number of benzene rings is 1. The first-order valence-corrected chi connectivity index (χ1v) is 9.38. The Morgan fingerprint density at radius 3 is 2.65 bits per heavy atom. The van der Waals surface area contributed by atoms with E-state index in [1.807, 2.05) is 6.92 Å². The number of fused-ring (bicyclic) bond motifs is 3. The minimum absolute atomic E-state index is 0.0953. The molecule has 1 aromatic carbocycles. The van der Waals surface area contributed by atoms with Crippen molar-refractivity contribution in [1.82, 2.24) is 28.9 Å². The summed E-state index contributed by atoms with van der Waals surface area (Å²) in [5.41, 5.74) is -1.81. The fraction of sp³-hybridized carbons (Fsp3) is 0.316. The highest BCUT2D eigenvalue weighted by Crippen LogP contribution is 2.36. The van der Waals surface area contributed by atoms with Gasteiger partial charge in [-0.05, 0) is 25.5 Å². The van der Waals surface area contributed by atoms with Gasteiger partial charge >= 0.3 is 6.18 Å². The van der Waals surface area contributed by atoms with Crippen molar-refractivity contribution in [2.75, 3.05) is 6.61 Å². The van der Waals surface area contributed by atoms with Gasteiger partial charge in [0.15, 0.2) is 5.69 Å². The molecule has 158 valence electrons. The third-order valence-electron chi connectivity index (χ3n) is 5.52. The fourth-order valence-corrected chi connectivity index (χ4v) is 4.15. The van der Waals surface area contributed by atoms with E-state index >= 15 is 0 Å². The van der Waals surface area contributed by atoms with Gasteiger partial charge in [0.05, 0.1) is 23.2 Å². The van der Waals surface area contributed by atoms with Gasteiger partial charge < -0.3 is 4.74 Å². The van der Waals surface area contributed by atoms with Crippen molar-refractivity contribution in [3.05, 3.63) is 46.6 Å². The van der Waals surface area contributed by atoms with Crippen molar-refractivity contribution in [1.29, 1.82) is 5.26 Å². The molecule has 5 rings (SSSR count). The molecule has 1 aliphatic rings. The van der Waals surface area contributed by atoms with Crippen LogP contribution in [0.4, 0.5) is 13.2 Å². The molecule has 1 aliphatic heterocycles. The monoisotopic (exact) mass is 429 g/mol. The van der Waals surface area contributed by atoms with E-state index < -0.39 is 23.1 Å².